The van der Waals surface area contributed by atoms with Crippen molar-refractivity contribution < 1.29 is 9.53 Å². The van der Waals surface area contributed by atoms with Gasteiger partial charge in [0.15, 0.2) is 0 Å². The van der Waals surface area contributed by atoms with Crippen LogP contribution in [-0.4, -0.2) is 17.5 Å². The van der Waals surface area contributed by atoms with E-state index >= 15 is 0 Å². The van der Waals surface area contributed by atoms with Crippen molar-refractivity contribution in [3.05, 3.63) is 48.2 Å². The molecule has 3 heteroatoms. The average molecular weight is 189 g/mol. The molecule has 1 aromatic rings. The van der Waals surface area contributed by atoms with Crippen LogP contribution in [0.25, 0.3) is 0 Å². The monoisotopic (exact) mass is 189 g/mol. The number of nitrogens with zero attached hydrogens (tertiary/aromatic N) is 1. The molecule has 0 aliphatic carbocycles. The molecule has 0 fully saturated rings. The smallest absolute Gasteiger partial charge is 0.415 e. The zero-order valence-electron chi connectivity index (χ0n) is 7.72. The highest BCUT2D eigenvalue weighted by Gasteiger charge is 2.15. The van der Waals surface area contributed by atoms with E-state index < -0.39 is 0 Å². The summed E-state index contributed by atoms with van der Waals surface area (Å²) in [6.07, 6.45) is 2.98. The third-order valence-corrected chi connectivity index (χ3v) is 2.07. The summed E-state index contributed by atoms with van der Waals surface area (Å²) in [5, 5.41) is 0. The molecule has 1 heterocycles. The Morgan fingerprint density at radius 3 is 2.79 bits per heavy atom. The van der Waals surface area contributed by atoms with E-state index in [-0.39, 0.29) is 6.09 Å². The summed E-state index contributed by atoms with van der Waals surface area (Å²) in [5.41, 5.74) is 1.11. The summed E-state index contributed by atoms with van der Waals surface area (Å²) in [4.78, 5) is 12.9. The Morgan fingerprint density at radius 2 is 2.07 bits per heavy atom. The van der Waals surface area contributed by atoms with Crippen LogP contribution < -0.4 is 0 Å². The van der Waals surface area contributed by atoms with Gasteiger partial charge in [-0.1, -0.05) is 30.3 Å². The van der Waals surface area contributed by atoms with E-state index in [0.29, 0.717) is 13.1 Å². The van der Waals surface area contributed by atoms with Gasteiger partial charge in [-0.05, 0) is 11.6 Å². The van der Waals surface area contributed by atoms with Crippen molar-refractivity contribution in [1.29, 1.82) is 0 Å². The van der Waals surface area contributed by atoms with Crippen molar-refractivity contribution in [2.75, 3.05) is 6.54 Å². The number of amides is 1. The minimum Gasteiger partial charge on any atom is -0.418 e. The van der Waals surface area contributed by atoms with Gasteiger partial charge in [-0.25, -0.2) is 4.79 Å². The fraction of sp³-hybridized carbons (Fsp3) is 0.182. The first-order chi connectivity index (χ1) is 6.86. The third-order valence-electron chi connectivity index (χ3n) is 2.07. The Bertz CT molecular complexity index is 346. The summed E-state index contributed by atoms with van der Waals surface area (Å²) in [5.74, 6) is 0. The van der Waals surface area contributed by atoms with E-state index in [4.69, 9.17) is 4.74 Å². The SMILES string of the molecule is O=C1OC=CCN1Cc1ccccc1. The fourth-order valence-electron chi connectivity index (χ4n) is 1.36. The van der Waals surface area contributed by atoms with Gasteiger partial charge in [0.05, 0.1) is 6.26 Å². The van der Waals surface area contributed by atoms with E-state index in [1.807, 2.05) is 36.4 Å². The summed E-state index contributed by atoms with van der Waals surface area (Å²) in [7, 11) is 0. The topological polar surface area (TPSA) is 29.5 Å². The highest BCUT2D eigenvalue weighted by atomic mass is 16.5. The molecule has 0 radical (unpaired) electrons. The lowest BCUT2D eigenvalue weighted by Gasteiger charge is -2.22. The molecule has 0 bridgehead atoms. The molecule has 0 atom stereocenters. The molecular weight excluding hydrogens is 178 g/mol. The first kappa shape index (κ1) is 8.81. The Morgan fingerprint density at radius 1 is 1.29 bits per heavy atom. The average Bonchev–Trinajstić information content (AvgIpc) is 2.23. The maximum absolute atomic E-state index is 11.3. The zero-order chi connectivity index (χ0) is 9.80. The van der Waals surface area contributed by atoms with Crippen LogP contribution in [0.15, 0.2) is 42.7 Å². The number of carbonyl (C=O) groups excluding carboxylic acids is 1. The zero-order valence-corrected chi connectivity index (χ0v) is 7.72. The van der Waals surface area contributed by atoms with Gasteiger partial charge in [-0.3, -0.25) is 4.90 Å². The second-order valence-electron chi connectivity index (χ2n) is 3.12. The van der Waals surface area contributed by atoms with E-state index in [0.717, 1.165) is 5.56 Å². The fourth-order valence-corrected chi connectivity index (χ4v) is 1.36. The number of cyclic esters (lactones) is 1. The molecule has 0 N–H and O–H groups in total. The molecule has 0 spiro atoms. The van der Waals surface area contributed by atoms with Crippen LogP contribution in [0.3, 0.4) is 0 Å². The van der Waals surface area contributed by atoms with E-state index in [1.54, 1.807) is 4.90 Å². The predicted molar refractivity (Wildman–Crippen MR) is 52.5 cm³/mol. The van der Waals surface area contributed by atoms with Crippen molar-refractivity contribution >= 4 is 6.09 Å². The maximum atomic E-state index is 11.3. The molecule has 14 heavy (non-hydrogen) atoms. The molecule has 0 saturated heterocycles. The quantitative estimate of drug-likeness (QED) is 0.713. The minimum atomic E-state index is -0.281. The Labute approximate surface area is 82.6 Å². The molecule has 3 nitrogen and oxygen atoms in total. The Kier molecular flexibility index (Phi) is 2.49. The van der Waals surface area contributed by atoms with Crippen LogP contribution >= 0.6 is 0 Å². The molecule has 0 unspecified atom stereocenters. The lowest BCUT2D eigenvalue weighted by Crippen LogP contribution is -2.32. The lowest BCUT2D eigenvalue weighted by atomic mass is 10.2. The standard InChI is InChI=1S/C11H11NO2/c13-11-12(7-4-8-14-11)9-10-5-2-1-3-6-10/h1-6,8H,7,9H2. The van der Waals surface area contributed by atoms with Gasteiger partial charge in [-0.2, -0.15) is 0 Å². The van der Waals surface area contributed by atoms with Gasteiger partial charge >= 0.3 is 6.09 Å². The Hall–Kier alpha value is -1.77. The van der Waals surface area contributed by atoms with Crippen molar-refractivity contribution in [3.8, 4) is 0 Å². The van der Waals surface area contributed by atoms with E-state index in [9.17, 15) is 4.79 Å². The first-order valence-electron chi connectivity index (χ1n) is 4.51. The molecule has 1 aliphatic rings. The molecule has 0 aromatic heterocycles. The van der Waals surface area contributed by atoms with Crippen molar-refractivity contribution in [3.63, 3.8) is 0 Å². The molecule has 0 saturated carbocycles. The number of rotatable bonds is 2. The molecule has 72 valence electrons. The molecule has 1 aromatic carbocycles. The number of hydrogen-bond donors (Lipinski definition) is 0. The van der Waals surface area contributed by atoms with E-state index in [2.05, 4.69) is 0 Å². The highest BCUT2D eigenvalue weighted by Crippen LogP contribution is 2.08. The van der Waals surface area contributed by atoms with Crippen LogP contribution in [0, 0.1) is 0 Å². The minimum absolute atomic E-state index is 0.281. The van der Waals surface area contributed by atoms with Crippen LogP contribution in [-0.2, 0) is 11.3 Å². The summed E-state index contributed by atoms with van der Waals surface area (Å²) < 4.78 is 4.77. The molecular formula is C11H11NO2. The van der Waals surface area contributed by atoms with Gasteiger partial charge < -0.3 is 4.74 Å². The third kappa shape index (κ3) is 1.93. The molecule has 1 aliphatic heterocycles. The lowest BCUT2D eigenvalue weighted by molar-refractivity contribution is 0.131. The number of ether oxygens (including phenoxy) is 1. The van der Waals surface area contributed by atoms with Crippen molar-refractivity contribution in [2.24, 2.45) is 0 Å². The predicted octanol–water partition coefficient (Wildman–Crippen LogP) is 2.15. The molecule has 1 amide bonds. The van der Waals surface area contributed by atoms with Crippen LogP contribution in [0.1, 0.15) is 5.56 Å². The largest absolute Gasteiger partial charge is 0.418 e. The van der Waals surface area contributed by atoms with Gasteiger partial charge in [-0.15, -0.1) is 0 Å². The van der Waals surface area contributed by atoms with Gasteiger partial charge in [0, 0.05) is 13.1 Å². The van der Waals surface area contributed by atoms with E-state index in [1.165, 1.54) is 6.26 Å². The second kappa shape index (κ2) is 3.96. The van der Waals surface area contributed by atoms with Gasteiger partial charge in [0.25, 0.3) is 0 Å². The van der Waals surface area contributed by atoms with Crippen molar-refractivity contribution in [2.45, 2.75) is 6.54 Å². The maximum Gasteiger partial charge on any atom is 0.415 e. The normalized spacial score (nSPS) is 15.4. The Balaban J connectivity index is 2.04. The number of benzene rings is 1. The van der Waals surface area contributed by atoms with Crippen molar-refractivity contribution in [1.82, 2.24) is 4.90 Å². The number of carbonyl (C=O) groups is 1. The first-order valence-corrected chi connectivity index (χ1v) is 4.51. The number of hydrogen-bond acceptors (Lipinski definition) is 2. The summed E-state index contributed by atoms with van der Waals surface area (Å²) in [6, 6.07) is 9.86. The molecule has 2 rings (SSSR count). The van der Waals surface area contributed by atoms with Gasteiger partial charge in [0.1, 0.15) is 0 Å². The highest BCUT2D eigenvalue weighted by molar-refractivity contribution is 5.69. The van der Waals surface area contributed by atoms with Crippen LogP contribution in [0.2, 0.25) is 0 Å². The van der Waals surface area contributed by atoms with Crippen LogP contribution in [0.5, 0.6) is 0 Å². The summed E-state index contributed by atoms with van der Waals surface area (Å²) in [6.45, 7) is 1.22. The second-order valence-corrected chi connectivity index (χ2v) is 3.12. The van der Waals surface area contributed by atoms with Crippen LogP contribution in [0.4, 0.5) is 4.79 Å². The summed E-state index contributed by atoms with van der Waals surface area (Å²) >= 11 is 0. The van der Waals surface area contributed by atoms with Gasteiger partial charge in [0.2, 0.25) is 0 Å².